The van der Waals surface area contributed by atoms with E-state index in [1.165, 1.54) is 11.3 Å². The number of pyridine rings is 1. The van der Waals surface area contributed by atoms with E-state index in [0.29, 0.717) is 26.3 Å². The van der Waals surface area contributed by atoms with E-state index in [1.54, 1.807) is 12.4 Å². The fraction of sp³-hybridized carbons (Fsp3) is 0.316. The zero-order valence-electron chi connectivity index (χ0n) is 16.5. The molecule has 170 valence electrons. The van der Waals surface area contributed by atoms with E-state index in [-0.39, 0.29) is 11.8 Å². The number of carbonyl (C=O) groups is 2. The molecule has 0 spiro atoms. The van der Waals surface area contributed by atoms with Gasteiger partial charge < -0.3 is 15.2 Å². The van der Waals surface area contributed by atoms with Crippen molar-refractivity contribution in [3.63, 3.8) is 0 Å². The molecule has 1 atom stereocenters. The third-order valence-corrected chi connectivity index (χ3v) is 5.20. The first-order valence-corrected chi connectivity index (χ1v) is 10.2. The molecule has 0 bridgehead atoms. The van der Waals surface area contributed by atoms with Gasteiger partial charge in [-0.25, -0.2) is 9.48 Å². The molecular weight excluding hydrogens is 451 g/mol. The van der Waals surface area contributed by atoms with Crippen LogP contribution < -0.4 is 5.32 Å². The van der Waals surface area contributed by atoms with Gasteiger partial charge in [0.15, 0.2) is 0 Å². The Kier molecular flexibility index (Phi) is 7.53. The molecule has 0 radical (unpaired) electrons. The molecule has 13 heteroatoms. The maximum absolute atomic E-state index is 12.1. The van der Waals surface area contributed by atoms with Crippen molar-refractivity contribution >= 4 is 23.2 Å². The Bertz CT molecular complexity index is 1040. The summed E-state index contributed by atoms with van der Waals surface area (Å²) in [6, 6.07) is 7.53. The van der Waals surface area contributed by atoms with E-state index in [1.807, 2.05) is 34.3 Å². The van der Waals surface area contributed by atoms with E-state index in [2.05, 4.69) is 20.6 Å². The fourth-order valence-electron chi connectivity index (χ4n) is 2.82. The van der Waals surface area contributed by atoms with Crippen LogP contribution in [0.3, 0.4) is 0 Å². The first-order chi connectivity index (χ1) is 15.3. The normalized spacial score (nSPS) is 15.7. The van der Waals surface area contributed by atoms with Crippen LogP contribution in [-0.2, 0) is 22.7 Å². The Labute approximate surface area is 183 Å². The number of nitrogens with one attached hydrogen (secondary N) is 1. The molecule has 1 amide bonds. The van der Waals surface area contributed by atoms with E-state index in [0.717, 1.165) is 21.8 Å². The van der Waals surface area contributed by atoms with Gasteiger partial charge in [-0.05, 0) is 23.6 Å². The second kappa shape index (κ2) is 10.3. The number of thiophene rings is 1. The molecule has 0 saturated heterocycles. The van der Waals surface area contributed by atoms with Crippen LogP contribution >= 0.6 is 11.3 Å². The number of ether oxygens (including phenoxy) is 1. The molecule has 1 unspecified atom stereocenters. The molecule has 9 nitrogen and oxygen atoms in total. The van der Waals surface area contributed by atoms with Gasteiger partial charge in [-0.2, -0.15) is 13.2 Å². The maximum atomic E-state index is 12.1. The van der Waals surface area contributed by atoms with Crippen molar-refractivity contribution < 1.29 is 32.6 Å². The van der Waals surface area contributed by atoms with Gasteiger partial charge in [0.1, 0.15) is 5.69 Å². The quantitative estimate of drug-likeness (QED) is 0.603. The summed E-state index contributed by atoms with van der Waals surface area (Å²) in [5.74, 6) is -2.66. The minimum Gasteiger partial charge on any atom is -0.475 e. The summed E-state index contributed by atoms with van der Waals surface area (Å²) in [5, 5.41) is 20.5. The van der Waals surface area contributed by atoms with E-state index in [4.69, 9.17) is 14.6 Å². The Hall–Kier alpha value is -3.32. The summed E-state index contributed by atoms with van der Waals surface area (Å²) >= 11 is 1.43. The highest BCUT2D eigenvalue weighted by atomic mass is 32.1. The fourth-order valence-corrected chi connectivity index (χ4v) is 3.46. The van der Waals surface area contributed by atoms with Crippen LogP contribution in [0, 0.1) is 5.92 Å². The second-order valence-corrected chi connectivity index (χ2v) is 7.63. The van der Waals surface area contributed by atoms with Crippen molar-refractivity contribution in [2.24, 2.45) is 5.92 Å². The maximum Gasteiger partial charge on any atom is 0.490 e. The molecule has 32 heavy (non-hydrogen) atoms. The summed E-state index contributed by atoms with van der Waals surface area (Å²) in [7, 11) is 0. The second-order valence-electron chi connectivity index (χ2n) is 6.68. The van der Waals surface area contributed by atoms with Gasteiger partial charge >= 0.3 is 12.1 Å². The van der Waals surface area contributed by atoms with Gasteiger partial charge in [0.2, 0.25) is 0 Å². The summed E-state index contributed by atoms with van der Waals surface area (Å²) in [6.45, 7) is 2.22. The molecule has 0 fully saturated rings. The smallest absolute Gasteiger partial charge is 0.475 e. The predicted molar refractivity (Wildman–Crippen MR) is 107 cm³/mol. The minimum atomic E-state index is -5.08. The topological polar surface area (TPSA) is 119 Å². The number of carbonyl (C=O) groups excluding carboxylic acids is 1. The SMILES string of the molecule is O=C(NCC1COCc2c(-c3cccnc3)nnn2C1)c1cccs1.O=C(O)C(F)(F)F. The van der Waals surface area contributed by atoms with Crippen LogP contribution in [0.1, 0.15) is 15.4 Å². The number of aliphatic carboxylic acids is 1. The monoisotopic (exact) mass is 469 g/mol. The van der Waals surface area contributed by atoms with Crippen LogP contribution in [-0.4, -0.2) is 56.3 Å². The number of nitrogens with zero attached hydrogens (tertiary/aromatic N) is 4. The number of carboxylic acids is 1. The van der Waals surface area contributed by atoms with Crippen molar-refractivity contribution in [2.75, 3.05) is 13.2 Å². The van der Waals surface area contributed by atoms with Crippen molar-refractivity contribution in [1.29, 1.82) is 0 Å². The van der Waals surface area contributed by atoms with Gasteiger partial charge in [0.05, 0.1) is 23.8 Å². The number of alkyl halides is 3. The molecule has 1 aliphatic heterocycles. The molecule has 4 heterocycles. The lowest BCUT2D eigenvalue weighted by atomic mass is 10.1. The van der Waals surface area contributed by atoms with Crippen LogP contribution in [0.15, 0.2) is 42.0 Å². The molecule has 1 aliphatic rings. The number of halogens is 3. The van der Waals surface area contributed by atoms with Crippen molar-refractivity contribution in [3.8, 4) is 11.3 Å². The molecular formula is C19H18F3N5O4S. The zero-order valence-corrected chi connectivity index (χ0v) is 17.3. The molecule has 4 rings (SSSR count). The summed E-state index contributed by atoms with van der Waals surface area (Å²) in [4.78, 5) is 25.8. The van der Waals surface area contributed by atoms with Crippen LogP contribution in [0.25, 0.3) is 11.3 Å². The molecule has 0 saturated carbocycles. The first-order valence-electron chi connectivity index (χ1n) is 9.28. The Morgan fingerprint density at radius 1 is 1.31 bits per heavy atom. The summed E-state index contributed by atoms with van der Waals surface area (Å²) in [5.41, 5.74) is 2.67. The highest BCUT2D eigenvalue weighted by Gasteiger charge is 2.38. The van der Waals surface area contributed by atoms with Gasteiger partial charge in [-0.3, -0.25) is 9.78 Å². The minimum absolute atomic E-state index is 0.0471. The van der Waals surface area contributed by atoms with Gasteiger partial charge in [0, 0.05) is 37.0 Å². The lowest BCUT2D eigenvalue weighted by Crippen LogP contribution is -2.32. The number of hydrogen-bond acceptors (Lipinski definition) is 7. The summed E-state index contributed by atoms with van der Waals surface area (Å²) in [6.07, 6.45) is -1.58. The van der Waals surface area contributed by atoms with Gasteiger partial charge in [-0.15, -0.1) is 16.4 Å². The molecule has 3 aromatic rings. The Morgan fingerprint density at radius 2 is 2.09 bits per heavy atom. The number of hydrogen-bond donors (Lipinski definition) is 2. The third kappa shape index (κ3) is 6.11. The number of rotatable bonds is 4. The largest absolute Gasteiger partial charge is 0.490 e. The zero-order chi connectivity index (χ0) is 23.1. The molecule has 2 N–H and O–H groups in total. The average molecular weight is 469 g/mol. The first kappa shape index (κ1) is 23.3. The van der Waals surface area contributed by atoms with E-state index >= 15 is 0 Å². The van der Waals surface area contributed by atoms with Crippen LogP contribution in [0.2, 0.25) is 0 Å². The average Bonchev–Trinajstić information content (AvgIpc) is 3.39. The standard InChI is InChI=1S/C17H17N5O2S.C2HF3O2/c23-17(15-4-2-6-25-15)19-7-12-9-22-14(11-24-10-12)16(20-21-22)13-3-1-5-18-8-13;3-2(4,5)1(6)7/h1-6,8,12H,7,9-11H2,(H,19,23);(H,6,7). The number of fused-ring (bicyclic) bond motifs is 1. The number of aromatic nitrogens is 4. The van der Waals surface area contributed by atoms with Crippen LogP contribution in [0.5, 0.6) is 0 Å². The number of amides is 1. The van der Waals surface area contributed by atoms with Crippen molar-refractivity contribution in [3.05, 3.63) is 52.6 Å². The molecule has 0 aromatic carbocycles. The Morgan fingerprint density at radius 3 is 2.72 bits per heavy atom. The number of carboxylic acid groups (broad SMARTS) is 1. The van der Waals surface area contributed by atoms with E-state index in [9.17, 15) is 18.0 Å². The van der Waals surface area contributed by atoms with Crippen molar-refractivity contribution in [2.45, 2.75) is 19.3 Å². The Balaban J connectivity index is 0.000000360. The molecule has 3 aromatic heterocycles. The molecule has 0 aliphatic carbocycles. The lowest BCUT2D eigenvalue weighted by Gasteiger charge is -2.14. The van der Waals surface area contributed by atoms with E-state index < -0.39 is 12.1 Å². The highest BCUT2D eigenvalue weighted by Crippen LogP contribution is 2.23. The third-order valence-electron chi connectivity index (χ3n) is 4.33. The highest BCUT2D eigenvalue weighted by molar-refractivity contribution is 7.12. The summed E-state index contributed by atoms with van der Waals surface area (Å²) < 4.78 is 39.4. The lowest BCUT2D eigenvalue weighted by molar-refractivity contribution is -0.192. The van der Waals surface area contributed by atoms with Crippen molar-refractivity contribution in [1.82, 2.24) is 25.3 Å². The predicted octanol–water partition coefficient (Wildman–Crippen LogP) is 2.61. The van der Waals surface area contributed by atoms with Crippen LogP contribution in [0.4, 0.5) is 13.2 Å². The van der Waals surface area contributed by atoms with Gasteiger partial charge in [-0.1, -0.05) is 11.3 Å². The van der Waals surface area contributed by atoms with Gasteiger partial charge in [0.25, 0.3) is 5.91 Å².